The van der Waals surface area contributed by atoms with Crippen LogP contribution in [-0.2, 0) is 0 Å². The first kappa shape index (κ1) is 10.8. The van der Waals surface area contributed by atoms with Gasteiger partial charge in [-0.2, -0.15) is 5.26 Å². The van der Waals surface area contributed by atoms with E-state index in [0.717, 1.165) is 19.4 Å². The molecule has 0 spiro atoms. The van der Waals surface area contributed by atoms with Gasteiger partial charge in [0.25, 0.3) is 0 Å². The normalized spacial score (nSPS) is 29.1. The predicted octanol–water partition coefficient (Wildman–Crippen LogP) is 2.83. The monoisotopic (exact) mass is 226 g/mol. The summed E-state index contributed by atoms with van der Waals surface area (Å²) in [6.45, 7) is 0.886. The number of rotatable bonds is 4. The molecule has 0 amide bonds. The lowest BCUT2D eigenvalue weighted by atomic mass is 9.70. The Kier molecular flexibility index (Phi) is 2.64. The quantitative estimate of drug-likeness (QED) is 0.857. The van der Waals surface area contributed by atoms with Gasteiger partial charge >= 0.3 is 0 Å². The molecule has 2 heteroatoms. The summed E-state index contributed by atoms with van der Waals surface area (Å²) in [5.41, 5.74) is 1.40. The van der Waals surface area contributed by atoms with E-state index in [-0.39, 0.29) is 5.41 Å². The zero-order valence-corrected chi connectivity index (χ0v) is 10.0. The first-order valence-electron chi connectivity index (χ1n) is 6.53. The molecule has 0 aliphatic heterocycles. The second-order valence-electron chi connectivity index (χ2n) is 5.49. The molecule has 1 N–H and O–H groups in total. The number of nitriles is 1. The van der Waals surface area contributed by atoms with E-state index in [0.29, 0.717) is 12.0 Å². The zero-order valence-electron chi connectivity index (χ0n) is 10.0. The number of benzene rings is 1. The van der Waals surface area contributed by atoms with Crippen molar-refractivity contribution in [2.45, 2.75) is 37.6 Å². The molecule has 0 bridgehead atoms. The van der Waals surface area contributed by atoms with Crippen molar-refractivity contribution < 1.29 is 0 Å². The Morgan fingerprint density at radius 1 is 1.29 bits per heavy atom. The first-order chi connectivity index (χ1) is 8.33. The van der Waals surface area contributed by atoms with Crippen molar-refractivity contribution in [2.24, 2.45) is 5.41 Å². The number of hydrogen-bond donors (Lipinski definition) is 1. The van der Waals surface area contributed by atoms with Gasteiger partial charge in [-0.15, -0.1) is 0 Å². The van der Waals surface area contributed by atoms with Crippen molar-refractivity contribution in [3.05, 3.63) is 35.9 Å². The molecule has 2 saturated carbocycles. The van der Waals surface area contributed by atoms with E-state index in [1.165, 1.54) is 18.4 Å². The highest BCUT2D eigenvalue weighted by Crippen LogP contribution is 2.43. The summed E-state index contributed by atoms with van der Waals surface area (Å²) in [5, 5.41) is 12.7. The van der Waals surface area contributed by atoms with E-state index in [4.69, 9.17) is 5.26 Å². The minimum absolute atomic E-state index is 0.0379. The second kappa shape index (κ2) is 4.16. The Morgan fingerprint density at radius 3 is 2.65 bits per heavy atom. The van der Waals surface area contributed by atoms with Crippen LogP contribution in [0.5, 0.6) is 0 Å². The molecule has 17 heavy (non-hydrogen) atoms. The average molecular weight is 226 g/mol. The summed E-state index contributed by atoms with van der Waals surface area (Å²) in [6, 6.07) is 13.8. The number of nitrogens with one attached hydrogen (secondary N) is 1. The first-order valence-corrected chi connectivity index (χ1v) is 6.53. The van der Waals surface area contributed by atoms with Gasteiger partial charge in [0, 0.05) is 18.5 Å². The number of hydrogen-bond acceptors (Lipinski definition) is 2. The van der Waals surface area contributed by atoms with Gasteiger partial charge in [0.05, 0.1) is 11.5 Å². The van der Waals surface area contributed by atoms with Crippen LogP contribution in [0, 0.1) is 16.7 Å². The third-order valence-corrected chi connectivity index (χ3v) is 4.27. The molecule has 2 aliphatic carbocycles. The third-order valence-electron chi connectivity index (χ3n) is 4.27. The number of nitrogens with zero attached hydrogens (tertiary/aromatic N) is 1. The van der Waals surface area contributed by atoms with Gasteiger partial charge in [-0.25, -0.2) is 0 Å². The van der Waals surface area contributed by atoms with Crippen LogP contribution in [0.3, 0.4) is 0 Å². The smallest absolute Gasteiger partial charge is 0.0703 e. The predicted molar refractivity (Wildman–Crippen MR) is 67.5 cm³/mol. The highest BCUT2D eigenvalue weighted by Gasteiger charge is 2.42. The summed E-state index contributed by atoms with van der Waals surface area (Å²) in [4.78, 5) is 0. The van der Waals surface area contributed by atoms with E-state index in [1.807, 2.05) is 0 Å². The fourth-order valence-electron chi connectivity index (χ4n) is 2.75. The topological polar surface area (TPSA) is 35.8 Å². The van der Waals surface area contributed by atoms with Crippen LogP contribution in [0.1, 0.15) is 37.2 Å². The molecule has 2 aliphatic rings. The summed E-state index contributed by atoms with van der Waals surface area (Å²) in [5.74, 6) is 0.673. The molecule has 2 atom stereocenters. The maximum atomic E-state index is 9.16. The maximum absolute atomic E-state index is 9.16. The molecule has 3 rings (SSSR count). The van der Waals surface area contributed by atoms with Crippen LogP contribution in [0.4, 0.5) is 0 Å². The second-order valence-corrected chi connectivity index (χ2v) is 5.49. The van der Waals surface area contributed by atoms with E-state index in [9.17, 15) is 0 Å². The van der Waals surface area contributed by atoms with E-state index < -0.39 is 0 Å². The van der Waals surface area contributed by atoms with Crippen LogP contribution in [0.25, 0.3) is 0 Å². The largest absolute Gasteiger partial charge is 0.312 e. The molecule has 0 heterocycles. The Labute approximate surface area is 103 Å². The summed E-state index contributed by atoms with van der Waals surface area (Å²) in [6.07, 6.45) is 4.62. The van der Waals surface area contributed by atoms with Crippen molar-refractivity contribution in [2.75, 3.05) is 6.54 Å². The molecule has 1 aromatic rings. The van der Waals surface area contributed by atoms with Crippen molar-refractivity contribution in [3.8, 4) is 6.07 Å². The maximum Gasteiger partial charge on any atom is 0.0703 e. The van der Waals surface area contributed by atoms with Crippen molar-refractivity contribution in [1.82, 2.24) is 5.32 Å². The van der Waals surface area contributed by atoms with Crippen molar-refractivity contribution in [1.29, 1.82) is 5.26 Å². The fourth-order valence-corrected chi connectivity index (χ4v) is 2.75. The van der Waals surface area contributed by atoms with Gasteiger partial charge in [-0.1, -0.05) is 36.8 Å². The van der Waals surface area contributed by atoms with Gasteiger partial charge in [0.1, 0.15) is 0 Å². The summed E-state index contributed by atoms with van der Waals surface area (Å²) in [7, 11) is 0. The van der Waals surface area contributed by atoms with E-state index in [2.05, 4.69) is 41.7 Å². The molecular weight excluding hydrogens is 208 g/mol. The standard InChI is InChI=1S/C15H18N2/c16-10-15(7-4-8-15)11-17-14-9-13(14)12-5-2-1-3-6-12/h1-3,5-6,13-14,17H,4,7-9,11H2/t13-,14+/m0/s1. The molecule has 1 aromatic carbocycles. The van der Waals surface area contributed by atoms with Gasteiger partial charge in [-0.05, 0) is 24.8 Å². The Hall–Kier alpha value is -1.33. The van der Waals surface area contributed by atoms with Gasteiger partial charge in [0.15, 0.2) is 0 Å². The Balaban J connectivity index is 1.52. The molecule has 0 aromatic heterocycles. The average Bonchev–Trinajstić information content (AvgIpc) is 3.09. The van der Waals surface area contributed by atoms with Crippen molar-refractivity contribution in [3.63, 3.8) is 0 Å². The van der Waals surface area contributed by atoms with E-state index >= 15 is 0 Å². The van der Waals surface area contributed by atoms with Gasteiger partial charge in [-0.3, -0.25) is 0 Å². The molecule has 0 unspecified atom stereocenters. The van der Waals surface area contributed by atoms with Gasteiger partial charge in [0.2, 0.25) is 0 Å². The van der Waals surface area contributed by atoms with E-state index in [1.54, 1.807) is 0 Å². The molecule has 2 fully saturated rings. The van der Waals surface area contributed by atoms with Crippen LogP contribution in [-0.4, -0.2) is 12.6 Å². The summed E-state index contributed by atoms with van der Waals surface area (Å²) < 4.78 is 0. The molecular formula is C15H18N2. The lowest BCUT2D eigenvalue weighted by Crippen LogP contribution is -2.39. The summed E-state index contributed by atoms with van der Waals surface area (Å²) >= 11 is 0. The lowest BCUT2D eigenvalue weighted by Gasteiger charge is -2.35. The van der Waals surface area contributed by atoms with Crippen LogP contribution < -0.4 is 5.32 Å². The molecule has 0 radical (unpaired) electrons. The molecule has 2 nitrogen and oxygen atoms in total. The lowest BCUT2D eigenvalue weighted by molar-refractivity contribution is 0.206. The minimum atomic E-state index is -0.0379. The highest BCUT2D eigenvalue weighted by atomic mass is 15.0. The SMILES string of the molecule is N#CC1(CN[C@@H]2C[C@H]2c2ccccc2)CCC1. The highest BCUT2D eigenvalue weighted by molar-refractivity contribution is 5.27. The molecule has 88 valence electrons. The molecule has 0 saturated heterocycles. The Morgan fingerprint density at radius 2 is 2.06 bits per heavy atom. The zero-order chi connectivity index (χ0) is 11.7. The minimum Gasteiger partial charge on any atom is -0.312 e. The van der Waals surface area contributed by atoms with Crippen LogP contribution in [0.2, 0.25) is 0 Å². The van der Waals surface area contributed by atoms with Crippen LogP contribution >= 0.6 is 0 Å². The third kappa shape index (κ3) is 2.08. The Bertz CT molecular complexity index is 428. The van der Waals surface area contributed by atoms with Crippen LogP contribution in [0.15, 0.2) is 30.3 Å². The van der Waals surface area contributed by atoms with Gasteiger partial charge < -0.3 is 5.32 Å². The fraction of sp³-hybridized carbons (Fsp3) is 0.533. The van der Waals surface area contributed by atoms with Crippen molar-refractivity contribution >= 4 is 0 Å².